The minimum Gasteiger partial charge on any atom is -0.675 e. The molecule has 0 aromatic heterocycles. The third-order valence-corrected chi connectivity index (χ3v) is 6.54. The first kappa shape index (κ1) is 33.0. The fourth-order valence-corrected chi connectivity index (χ4v) is 3.58. The predicted octanol–water partition coefficient (Wildman–Crippen LogP) is 8.06. The summed E-state index contributed by atoms with van der Waals surface area (Å²) in [7, 11) is 1.90. The number of rotatable bonds is 1. The van der Waals surface area contributed by atoms with Gasteiger partial charge < -0.3 is 13.2 Å². The molecule has 5 rings (SSSR count). The van der Waals surface area contributed by atoms with Crippen LogP contribution in [0.4, 0.5) is 0 Å². The third-order valence-electron chi connectivity index (χ3n) is 6.07. The van der Waals surface area contributed by atoms with Gasteiger partial charge in [-0.2, -0.15) is 11.1 Å². The summed E-state index contributed by atoms with van der Waals surface area (Å²) in [5.41, 5.74) is 13.7. The van der Waals surface area contributed by atoms with Crippen LogP contribution in [0.15, 0.2) is 108 Å². The molecule has 182 valence electrons. The van der Waals surface area contributed by atoms with Crippen LogP contribution in [0.3, 0.4) is 0 Å². The van der Waals surface area contributed by atoms with Crippen molar-refractivity contribution in [3.63, 3.8) is 0 Å². The standard InChI is InChI=1S/C12H10.C9H13.C6H7Si.C4H8N.CH3.Ti/c1-3-7-11(8-4-1)12-9-5-2-6-10-12;1-6-5-7(2)9(4)8(6)3;7-6-4-2-1-3-5-6;5-4-2-1-3-4;;/h1-10H;6H,1-4H3;1-5H,7H2;4-5H,1-3H2;1H3;/q;-1;;2*-1;+3. The number of hydrogen-bond donors (Lipinski definition) is 0. The fourth-order valence-electron chi connectivity index (χ4n) is 3.31. The van der Waals surface area contributed by atoms with Crippen molar-refractivity contribution in [1.82, 2.24) is 0 Å². The third kappa shape index (κ3) is 12.5. The van der Waals surface area contributed by atoms with Gasteiger partial charge in [0.1, 0.15) is 0 Å². The van der Waals surface area contributed by atoms with Gasteiger partial charge >= 0.3 is 21.7 Å². The van der Waals surface area contributed by atoms with Gasteiger partial charge in [-0.25, -0.2) is 5.57 Å². The van der Waals surface area contributed by atoms with E-state index in [1.54, 1.807) is 0 Å². The molecule has 1 N–H and O–H groups in total. The van der Waals surface area contributed by atoms with E-state index in [9.17, 15) is 0 Å². The monoisotopic (exact) mass is 515 g/mol. The van der Waals surface area contributed by atoms with E-state index < -0.39 is 0 Å². The van der Waals surface area contributed by atoms with Crippen LogP contribution in [-0.2, 0) is 21.7 Å². The zero-order valence-corrected chi connectivity index (χ0v) is 25.1. The summed E-state index contributed by atoms with van der Waals surface area (Å²) >= 11 is 0. The van der Waals surface area contributed by atoms with Crippen molar-refractivity contribution >= 4 is 15.4 Å². The Morgan fingerprint density at radius 3 is 1.29 bits per heavy atom. The second kappa shape index (κ2) is 18.3. The van der Waals surface area contributed by atoms with Crippen molar-refractivity contribution in [2.75, 3.05) is 0 Å². The molecule has 0 aliphatic heterocycles. The Morgan fingerprint density at radius 2 is 1.11 bits per heavy atom. The van der Waals surface area contributed by atoms with Crippen LogP contribution in [0.25, 0.3) is 16.9 Å². The fraction of sp³-hybridized carbons (Fsp3) is 0.281. The summed E-state index contributed by atoms with van der Waals surface area (Å²) < 4.78 is 0. The molecule has 1 saturated carbocycles. The van der Waals surface area contributed by atoms with Crippen LogP contribution in [0.5, 0.6) is 0 Å². The van der Waals surface area contributed by atoms with Gasteiger partial charge in [0.25, 0.3) is 0 Å². The summed E-state index contributed by atoms with van der Waals surface area (Å²) in [4.78, 5) is 0. The Balaban J connectivity index is 0.000000452. The van der Waals surface area contributed by atoms with Crippen molar-refractivity contribution in [3.05, 3.63) is 127 Å². The summed E-state index contributed by atoms with van der Waals surface area (Å²) in [6, 6.07) is 31.4. The summed E-state index contributed by atoms with van der Waals surface area (Å²) in [5, 5.41) is 1.35. The first-order chi connectivity index (χ1) is 15.9. The topological polar surface area (TPSA) is 23.8 Å². The van der Waals surface area contributed by atoms with Crippen molar-refractivity contribution in [3.8, 4) is 11.1 Å². The summed E-state index contributed by atoms with van der Waals surface area (Å²) in [6.45, 7) is 8.67. The second-order valence-corrected chi connectivity index (χ2v) is 9.46. The summed E-state index contributed by atoms with van der Waals surface area (Å²) in [5.74, 6) is 0.560. The van der Waals surface area contributed by atoms with Gasteiger partial charge in [0.2, 0.25) is 0 Å². The first-order valence-electron chi connectivity index (χ1n) is 11.8. The minimum atomic E-state index is 0. The molecule has 0 heterocycles. The molecule has 3 heteroatoms. The van der Waals surface area contributed by atoms with Crippen molar-refractivity contribution < 1.29 is 21.7 Å². The van der Waals surface area contributed by atoms with E-state index in [2.05, 4.69) is 94.4 Å². The molecule has 1 nitrogen and oxygen atoms in total. The molecule has 2 radical (unpaired) electrons. The Labute approximate surface area is 233 Å². The average molecular weight is 516 g/mol. The maximum Gasteiger partial charge on any atom is 3.00 e. The van der Waals surface area contributed by atoms with Gasteiger partial charge in [-0.3, -0.25) is 6.08 Å². The van der Waals surface area contributed by atoms with Crippen molar-refractivity contribution in [2.24, 2.45) is 5.92 Å². The molecule has 2 aliphatic rings. The van der Waals surface area contributed by atoms with E-state index in [0.29, 0.717) is 12.0 Å². The van der Waals surface area contributed by atoms with Gasteiger partial charge in [-0.05, 0) is 11.1 Å². The molecule has 3 aromatic rings. The zero-order valence-electron chi connectivity index (χ0n) is 22.1. The molecule has 2 aliphatic carbocycles. The van der Waals surface area contributed by atoms with E-state index in [-0.39, 0.29) is 29.1 Å². The quantitative estimate of drug-likeness (QED) is 0.231. The Hall–Kier alpha value is -1.97. The molecule has 0 bridgehead atoms. The van der Waals surface area contributed by atoms with Crippen LogP contribution in [0.2, 0.25) is 0 Å². The molecule has 0 saturated heterocycles. The van der Waals surface area contributed by atoms with Crippen LogP contribution in [0.1, 0.15) is 47.0 Å². The molecule has 35 heavy (non-hydrogen) atoms. The number of allylic oxidation sites excluding steroid dienone is 4. The molecule has 1 fully saturated rings. The second-order valence-electron chi connectivity index (χ2n) is 8.64. The predicted molar refractivity (Wildman–Crippen MR) is 155 cm³/mol. The molecular weight excluding hydrogens is 474 g/mol. The molecule has 3 aromatic carbocycles. The first-order valence-corrected chi connectivity index (χ1v) is 12.6. The van der Waals surface area contributed by atoms with E-state index in [4.69, 9.17) is 5.73 Å². The van der Waals surface area contributed by atoms with Gasteiger partial charge in [0, 0.05) is 10.2 Å². The number of benzene rings is 3. The normalized spacial score (nSPS) is 15.7. The van der Waals surface area contributed by atoms with Crippen LogP contribution >= 0.6 is 0 Å². The SMILES string of the molecule is CC1=[C-]C(C)C(C)=C1C.[CH3-].[NH-]C1CCC1.[SiH2]c1ccccc1.[Ti+3].c1ccc(-c2ccccc2)cc1. The molecule has 0 amide bonds. The maximum atomic E-state index is 6.91. The van der Waals surface area contributed by atoms with Gasteiger partial charge in [-0.15, -0.1) is 13.0 Å². The van der Waals surface area contributed by atoms with E-state index in [1.807, 2.05) is 40.6 Å². The zero-order chi connectivity index (χ0) is 24.1. The smallest absolute Gasteiger partial charge is 0.675 e. The Bertz CT molecular complexity index is 956. The van der Waals surface area contributed by atoms with Gasteiger partial charge in [-0.1, -0.05) is 142 Å². The van der Waals surface area contributed by atoms with Crippen LogP contribution in [-0.4, -0.2) is 16.3 Å². The number of hydrogen-bond acceptors (Lipinski definition) is 0. The van der Waals surface area contributed by atoms with E-state index in [0.717, 1.165) is 12.8 Å². The molecular formula is C32H41NSiTi. The molecule has 1 unspecified atom stereocenters. The minimum absolute atomic E-state index is 0. The largest absolute Gasteiger partial charge is 3.00 e. The van der Waals surface area contributed by atoms with Crippen LogP contribution < -0.4 is 5.19 Å². The van der Waals surface area contributed by atoms with Gasteiger partial charge in [0.05, 0.1) is 0 Å². The summed E-state index contributed by atoms with van der Waals surface area (Å²) in [6.07, 6.45) is 6.96. The van der Waals surface area contributed by atoms with Crippen LogP contribution in [0, 0.1) is 19.4 Å². The molecule has 1 atom stereocenters. The van der Waals surface area contributed by atoms with Crippen molar-refractivity contribution in [1.29, 1.82) is 0 Å². The number of nitrogens with one attached hydrogen (secondary N) is 1. The Kier molecular flexibility index (Phi) is 17.3. The Morgan fingerprint density at radius 1 is 0.743 bits per heavy atom. The van der Waals surface area contributed by atoms with Crippen molar-refractivity contribution in [2.45, 2.75) is 53.0 Å². The van der Waals surface area contributed by atoms with Gasteiger partial charge in [0.15, 0.2) is 0 Å². The van der Waals surface area contributed by atoms with E-state index >= 15 is 0 Å². The van der Waals surface area contributed by atoms with E-state index in [1.165, 1.54) is 39.5 Å². The average Bonchev–Trinajstić information content (AvgIpc) is 3.06. The maximum absolute atomic E-state index is 6.91. The molecule has 0 spiro atoms.